The van der Waals surface area contributed by atoms with Crippen LogP contribution in [0, 0.1) is 11.3 Å². The van der Waals surface area contributed by atoms with Crippen LogP contribution >= 0.6 is 0 Å². The average molecular weight is 366 g/mol. The number of nitrogens with zero attached hydrogens (tertiary/aromatic N) is 2. The molecule has 3 fully saturated rings. The Morgan fingerprint density at radius 3 is 2.46 bits per heavy atom. The maximum Gasteiger partial charge on any atom is 0.317 e. The molecule has 0 aromatic carbocycles. The fraction of sp³-hybridized carbons (Fsp3) is 0.833. The van der Waals surface area contributed by atoms with Gasteiger partial charge in [-0.3, -0.25) is 9.59 Å². The quantitative estimate of drug-likeness (QED) is 0.729. The minimum absolute atomic E-state index is 0.00502. The summed E-state index contributed by atoms with van der Waals surface area (Å²) in [6.45, 7) is 7.61. The second-order valence-electron chi connectivity index (χ2n) is 8.13. The standard InChI is InChI=1S/C18H30N4O4/c1-13(2)20-17(25)22-6-5-21(16(24)14-3-7-26-8-4-14)11-18(12-22)9-15(23)19-10-18/h13-14H,3-12H2,1-2H3,(H,19,23)(H,20,25)/t18-/m1/s1. The van der Waals surface area contributed by atoms with Crippen LogP contribution in [0.3, 0.4) is 0 Å². The number of amides is 4. The van der Waals surface area contributed by atoms with Gasteiger partial charge in [0.15, 0.2) is 0 Å². The van der Waals surface area contributed by atoms with Crippen LogP contribution in [0.4, 0.5) is 4.79 Å². The van der Waals surface area contributed by atoms with Crippen LogP contribution in [0.25, 0.3) is 0 Å². The van der Waals surface area contributed by atoms with Crippen LogP contribution in [-0.4, -0.2) is 79.6 Å². The Morgan fingerprint density at radius 1 is 1.19 bits per heavy atom. The number of urea groups is 1. The van der Waals surface area contributed by atoms with Gasteiger partial charge in [-0.05, 0) is 26.7 Å². The van der Waals surface area contributed by atoms with Crippen LogP contribution in [0.2, 0.25) is 0 Å². The largest absolute Gasteiger partial charge is 0.381 e. The summed E-state index contributed by atoms with van der Waals surface area (Å²) in [5.41, 5.74) is -0.400. The summed E-state index contributed by atoms with van der Waals surface area (Å²) in [4.78, 5) is 41.1. The number of nitrogens with one attached hydrogen (secondary N) is 2. The summed E-state index contributed by atoms with van der Waals surface area (Å²) >= 11 is 0. The zero-order chi connectivity index (χ0) is 18.7. The highest BCUT2D eigenvalue weighted by Crippen LogP contribution is 2.32. The molecule has 3 rings (SSSR count). The molecule has 3 aliphatic rings. The Balaban J connectivity index is 1.75. The molecule has 0 radical (unpaired) electrons. The zero-order valence-corrected chi connectivity index (χ0v) is 15.8. The number of hydrogen-bond acceptors (Lipinski definition) is 4. The van der Waals surface area contributed by atoms with Crippen LogP contribution in [-0.2, 0) is 14.3 Å². The first kappa shape index (κ1) is 18.9. The van der Waals surface area contributed by atoms with Gasteiger partial charge in [0.25, 0.3) is 0 Å². The minimum atomic E-state index is -0.400. The van der Waals surface area contributed by atoms with Crippen molar-refractivity contribution in [2.45, 2.75) is 39.2 Å². The molecular weight excluding hydrogens is 336 g/mol. The van der Waals surface area contributed by atoms with Gasteiger partial charge < -0.3 is 25.2 Å². The van der Waals surface area contributed by atoms with E-state index in [1.807, 2.05) is 18.7 Å². The molecule has 1 spiro atoms. The lowest BCUT2D eigenvalue weighted by molar-refractivity contribution is -0.139. The second-order valence-corrected chi connectivity index (χ2v) is 8.13. The third kappa shape index (κ3) is 4.28. The molecule has 146 valence electrons. The van der Waals surface area contributed by atoms with E-state index >= 15 is 0 Å². The van der Waals surface area contributed by atoms with Gasteiger partial charge in [-0.15, -0.1) is 0 Å². The molecule has 0 aromatic heterocycles. The van der Waals surface area contributed by atoms with Gasteiger partial charge in [-0.25, -0.2) is 4.79 Å². The Bertz CT molecular complexity index is 561. The number of carbonyl (C=O) groups is 3. The predicted octanol–water partition coefficient (Wildman–Crippen LogP) is 0.182. The maximum atomic E-state index is 13.0. The fourth-order valence-electron chi connectivity index (χ4n) is 4.14. The molecule has 1 atom stereocenters. The summed E-state index contributed by atoms with van der Waals surface area (Å²) < 4.78 is 5.37. The summed E-state index contributed by atoms with van der Waals surface area (Å²) in [6.07, 6.45) is 1.85. The summed E-state index contributed by atoms with van der Waals surface area (Å²) in [5.74, 6) is 0.120. The van der Waals surface area contributed by atoms with E-state index < -0.39 is 5.41 Å². The Hall–Kier alpha value is -1.83. The average Bonchev–Trinajstić information content (AvgIpc) is 2.86. The van der Waals surface area contributed by atoms with Gasteiger partial charge in [0.05, 0.1) is 0 Å². The van der Waals surface area contributed by atoms with E-state index in [1.54, 1.807) is 4.90 Å². The van der Waals surface area contributed by atoms with E-state index in [2.05, 4.69) is 10.6 Å². The molecule has 8 nitrogen and oxygen atoms in total. The third-order valence-corrected chi connectivity index (χ3v) is 5.47. The van der Waals surface area contributed by atoms with E-state index in [0.717, 1.165) is 12.8 Å². The van der Waals surface area contributed by atoms with Gasteiger partial charge in [0, 0.05) is 69.7 Å². The summed E-state index contributed by atoms with van der Waals surface area (Å²) in [7, 11) is 0. The number of ether oxygens (including phenoxy) is 1. The molecule has 0 unspecified atom stereocenters. The van der Waals surface area contributed by atoms with Gasteiger partial charge >= 0.3 is 6.03 Å². The molecule has 0 bridgehead atoms. The molecule has 3 heterocycles. The summed E-state index contributed by atoms with van der Waals surface area (Å²) in [5, 5.41) is 5.82. The van der Waals surface area contributed by atoms with Crippen molar-refractivity contribution in [2.24, 2.45) is 11.3 Å². The number of rotatable bonds is 2. The molecule has 0 aliphatic carbocycles. The van der Waals surface area contributed by atoms with Crippen LogP contribution in [0.5, 0.6) is 0 Å². The molecular formula is C18H30N4O4. The first-order chi connectivity index (χ1) is 12.4. The normalized spacial score (nSPS) is 27.6. The van der Waals surface area contributed by atoms with E-state index in [9.17, 15) is 14.4 Å². The van der Waals surface area contributed by atoms with Crippen molar-refractivity contribution < 1.29 is 19.1 Å². The monoisotopic (exact) mass is 366 g/mol. The van der Waals surface area contributed by atoms with Crippen LogP contribution in [0.1, 0.15) is 33.1 Å². The lowest BCUT2D eigenvalue weighted by Crippen LogP contribution is -2.49. The van der Waals surface area contributed by atoms with Crippen molar-refractivity contribution in [2.75, 3.05) is 45.9 Å². The molecule has 26 heavy (non-hydrogen) atoms. The Kier molecular flexibility index (Phi) is 5.70. The topological polar surface area (TPSA) is 91.0 Å². The van der Waals surface area contributed by atoms with Gasteiger partial charge in [-0.1, -0.05) is 0 Å². The minimum Gasteiger partial charge on any atom is -0.381 e. The highest BCUT2D eigenvalue weighted by atomic mass is 16.5. The van der Waals surface area contributed by atoms with Crippen LogP contribution < -0.4 is 10.6 Å². The van der Waals surface area contributed by atoms with Crippen molar-refractivity contribution in [1.82, 2.24) is 20.4 Å². The van der Waals surface area contributed by atoms with Crippen molar-refractivity contribution in [1.29, 1.82) is 0 Å². The molecule has 0 saturated carbocycles. The first-order valence-electron chi connectivity index (χ1n) is 9.57. The second kappa shape index (κ2) is 7.82. The van der Waals surface area contributed by atoms with E-state index in [-0.39, 0.29) is 29.8 Å². The molecule has 8 heteroatoms. The Labute approximate surface area is 154 Å². The van der Waals surface area contributed by atoms with E-state index in [4.69, 9.17) is 4.74 Å². The SMILES string of the molecule is CC(C)NC(=O)N1CCN(C(=O)C2CCOCC2)C[C@@]2(CNC(=O)C2)C1. The van der Waals surface area contributed by atoms with E-state index in [0.29, 0.717) is 52.4 Å². The number of carbonyl (C=O) groups excluding carboxylic acids is 3. The molecule has 2 N–H and O–H groups in total. The number of hydrogen-bond donors (Lipinski definition) is 2. The molecule has 4 amide bonds. The van der Waals surface area contributed by atoms with Gasteiger partial charge in [0.2, 0.25) is 11.8 Å². The fourth-order valence-corrected chi connectivity index (χ4v) is 4.14. The van der Waals surface area contributed by atoms with Crippen molar-refractivity contribution >= 4 is 17.8 Å². The van der Waals surface area contributed by atoms with Gasteiger partial charge in [-0.2, -0.15) is 0 Å². The lowest BCUT2D eigenvalue weighted by Gasteiger charge is -2.34. The van der Waals surface area contributed by atoms with Crippen molar-refractivity contribution in [3.8, 4) is 0 Å². The summed E-state index contributed by atoms with van der Waals surface area (Å²) in [6, 6.07) is -0.0795. The Morgan fingerprint density at radius 2 is 1.85 bits per heavy atom. The van der Waals surface area contributed by atoms with Crippen molar-refractivity contribution in [3.05, 3.63) is 0 Å². The first-order valence-corrected chi connectivity index (χ1v) is 9.57. The van der Waals surface area contributed by atoms with E-state index in [1.165, 1.54) is 0 Å². The molecule has 3 saturated heterocycles. The molecule has 0 aromatic rings. The van der Waals surface area contributed by atoms with Gasteiger partial charge in [0.1, 0.15) is 0 Å². The lowest BCUT2D eigenvalue weighted by atomic mass is 9.85. The highest BCUT2D eigenvalue weighted by molar-refractivity contribution is 5.82. The highest BCUT2D eigenvalue weighted by Gasteiger charge is 2.45. The molecule has 3 aliphatic heterocycles. The third-order valence-electron chi connectivity index (χ3n) is 5.47. The predicted molar refractivity (Wildman–Crippen MR) is 95.4 cm³/mol. The maximum absolute atomic E-state index is 13.0. The zero-order valence-electron chi connectivity index (χ0n) is 15.8. The van der Waals surface area contributed by atoms with Crippen molar-refractivity contribution in [3.63, 3.8) is 0 Å². The van der Waals surface area contributed by atoms with Crippen LogP contribution in [0.15, 0.2) is 0 Å². The smallest absolute Gasteiger partial charge is 0.317 e.